The Bertz CT molecular complexity index is 200. The van der Waals surface area contributed by atoms with E-state index in [1.54, 1.807) is 0 Å². The maximum atomic E-state index is 11.2. The molecule has 0 unspecified atom stereocenters. The molecule has 0 aromatic rings. The van der Waals surface area contributed by atoms with Crippen LogP contribution in [0.3, 0.4) is 0 Å². The molecule has 1 fully saturated rings. The van der Waals surface area contributed by atoms with Gasteiger partial charge in [-0.2, -0.15) is 0 Å². The molecule has 12 heavy (non-hydrogen) atoms. The Labute approximate surface area is 73.3 Å². The molecule has 2 heteroatoms. The SMILES string of the molecule is CC(C)C1(C)CC(=O)CC(=O)C1. The molecular weight excluding hydrogens is 152 g/mol. The van der Waals surface area contributed by atoms with Crippen molar-refractivity contribution >= 4 is 11.6 Å². The van der Waals surface area contributed by atoms with Gasteiger partial charge >= 0.3 is 0 Å². The second-order valence-electron chi connectivity index (χ2n) is 4.42. The summed E-state index contributed by atoms with van der Waals surface area (Å²) in [4.78, 5) is 22.3. The standard InChI is InChI=1S/C10H16O2/c1-7(2)10(3)5-8(11)4-9(12)6-10/h7H,4-6H2,1-3H3. The van der Waals surface area contributed by atoms with Crippen molar-refractivity contribution in [1.82, 2.24) is 0 Å². The number of ketones is 2. The van der Waals surface area contributed by atoms with E-state index in [1.807, 2.05) is 6.92 Å². The van der Waals surface area contributed by atoms with Crippen molar-refractivity contribution in [3.05, 3.63) is 0 Å². The van der Waals surface area contributed by atoms with Crippen molar-refractivity contribution < 1.29 is 9.59 Å². The Hall–Kier alpha value is -0.660. The third-order valence-corrected chi connectivity index (χ3v) is 2.99. The minimum Gasteiger partial charge on any atom is -0.299 e. The lowest BCUT2D eigenvalue weighted by molar-refractivity contribution is -0.135. The highest BCUT2D eigenvalue weighted by Crippen LogP contribution is 2.38. The first-order valence-corrected chi connectivity index (χ1v) is 4.47. The molecule has 1 saturated carbocycles. The molecule has 0 aromatic heterocycles. The first-order chi connectivity index (χ1) is 5.44. The van der Waals surface area contributed by atoms with Crippen LogP contribution in [0.4, 0.5) is 0 Å². The highest BCUT2D eigenvalue weighted by atomic mass is 16.1. The van der Waals surface area contributed by atoms with Crippen LogP contribution in [-0.4, -0.2) is 11.6 Å². The van der Waals surface area contributed by atoms with E-state index in [4.69, 9.17) is 0 Å². The van der Waals surface area contributed by atoms with Crippen LogP contribution < -0.4 is 0 Å². The Balaban J connectivity index is 2.78. The van der Waals surface area contributed by atoms with Gasteiger partial charge < -0.3 is 0 Å². The van der Waals surface area contributed by atoms with Crippen LogP contribution in [0.25, 0.3) is 0 Å². The third-order valence-electron chi connectivity index (χ3n) is 2.99. The van der Waals surface area contributed by atoms with E-state index in [0.717, 1.165) is 0 Å². The Kier molecular flexibility index (Phi) is 2.36. The van der Waals surface area contributed by atoms with E-state index in [-0.39, 0.29) is 23.4 Å². The number of carbonyl (C=O) groups is 2. The number of carbonyl (C=O) groups excluding carboxylic acids is 2. The summed E-state index contributed by atoms with van der Waals surface area (Å²) in [7, 11) is 0. The number of rotatable bonds is 1. The zero-order valence-electron chi connectivity index (χ0n) is 8.02. The van der Waals surface area contributed by atoms with Gasteiger partial charge in [0.25, 0.3) is 0 Å². The second-order valence-corrected chi connectivity index (χ2v) is 4.42. The summed E-state index contributed by atoms with van der Waals surface area (Å²) in [6.45, 7) is 6.18. The monoisotopic (exact) mass is 168 g/mol. The highest BCUT2D eigenvalue weighted by molar-refractivity contribution is 6.02. The van der Waals surface area contributed by atoms with E-state index in [9.17, 15) is 9.59 Å². The summed E-state index contributed by atoms with van der Waals surface area (Å²) < 4.78 is 0. The molecule has 0 heterocycles. The molecular formula is C10H16O2. The van der Waals surface area contributed by atoms with Gasteiger partial charge in [0.05, 0.1) is 6.42 Å². The average molecular weight is 168 g/mol. The van der Waals surface area contributed by atoms with Crippen LogP contribution in [0.15, 0.2) is 0 Å². The third kappa shape index (κ3) is 1.74. The average Bonchev–Trinajstić information content (AvgIpc) is 1.82. The van der Waals surface area contributed by atoms with Crippen LogP contribution in [0.1, 0.15) is 40.0 Å². The van der Waals surface area contributed by atoms with Gasteiger partial charge in [-0.25, -0.2) is 0 Å². The maximum Gasteiger partial charge on any atom is 0.140 e. The van der Waals surface area contributed by atoms with E-state index in [1.165, 1.54) is 0 Å². The molecule has 0 aliphatic heterocycles. The second kappa shape index (κ2) is 3.00. The maximum absolute atomic E-state index is 11.2. The van der Waals surface area contributed by atoms with Crippen molar-refractivity contribution in [2.24, 2.45) is 11.3 Å². The van der Waals surface area contributed by atoms with Crippen molar-refractivity contribution in [3.8, 4) is 0 Å². The lowest BCUT2D eigenvalue weighted by Crippen LogP contribution is -2.35. The molecule has 1 rings (SSSR count). The van der Waals surface area contributed by atoms with Crippen LogP contribution in [0.5, 0.6) is 0 Å². The minimum atomic E-state index is -0.0770. The lowest BCUT2D eigenvalue weighted by Gasteiger charge is -2.35. The number of Topliss-reactive ketones (excluding diaryl/α,β-unsaturated/α-hetero) is 2. The summed E-state index contributed by atoms with van der Waals surface area (Å²) in [6.07, 6.45) is 1.33. The van der Waals surface area contributed by atoms with E-state index < -0.39 is 0 Å². The zero-order valence-corrected chi connectivity index (χ0v) is 8.02. The van der Waals surface area contributed by atoms with Crippen molar-refractivity contribution in [2.75, 3.05) is 0 Å². The Morgan fingerprint density at radius 3 is 1.92 bits per heavy atom. The highest BCUT2D eigenvalue weighted by Gasteiger charge is 2.37. The summed E-state index contributed by atoms with van der Waals surface area (Å²) >= 11 is 0. The molecule has 68 valence electrons. The molecule has 0 saturated heterocycles. The summed E-state index contributed by atoms with van der Waals surface area (Å²) in [5, 5.41) is 0. The molecule has 2 nitrogen and oxygen atoms in total. The van der Waals surface area contributed by atoms with Gasteiger partial charge in [0, 0.05) is 12.8 Å². The van der Waals surface area contributed by atoms with Gasteiger partial charge in [-0.1, -0.05) is 20.8 Å². The van der Waals surface area contributed by atoms with Crippen LogP contribution in [-0.2, 0) is 9.59 Å². The van der Waals surface area contributed by atoms with Crippen LogP contribution in [0, 0.1) is 11.3 Å². The molecule has 0 aromatic carbocycles. The predicted octanol–water partition coefficient (Wildman–Crippen LogP) is 1.97. The van der Waals surface area contributed by atoms with Gasteiger partial charge in [-0.15, -0.1) is 0 Å². The van der Waals surface area contributed by atoms with E-state index >= 15 is 0 Å². The van der Waals surface area contributed by atoms with Crippen molar-refractivity contribution in [1.29, 1.82) is 0 Å². The number of hydrogen-bond acceptors (Lipinski definition) is 2. The molecule has 0 bridgehead atoms. The smallest absolute Gasteiger partial charge is 0.140 e. The molecule has 0 radical (unpaired) electrons. The Morgan fingerprint density at radius 2 is 1.58 bits per heavy atom. The van der Waals surface area contributed by atoms with Gasteiger partial charge in [0.15, 0.2) is 0 Å². The first kappa shape index (κ1) is 9.43. The van der Waals surface area contributed by atoms with E-state index in [0.29, 0.717) is 18.8 Å². The van der Waals surface area contributed by atoms with Gasteiger partial charge in [0.2, 0.25) is 0 Å². The normalized spacial score (nSPS) is 23.3. The lowest BCUT2D eigenvalue weighted by atomic mass is 9.68. The van der Waals surface area contributed by atoms with Crippen molar-refractivity contribution in [3.63, 3.8) is 0 Å². The summed E-state index contributed by atoms with van der Waals surface area (Å²) in [5.74, 6) is 0.635. The minimum absolute atomic E-state index is 0.0770. The largest absolute Gasteiger partial charge is 0.299 e. The van der Waals surface area contributed by atoms with E-state index in [2.05, 4.69) is 13.8 Å². The number of hydrogen-bond donors (Lipinski definition) is 0. The van der Waals surface area contributed by atoms with Gasteiger partial charge in [-0.3, -0.25) is 9.59 Å². The fourth-order valence-corrected chi connectivity index (χ4v) is 1.72. The van der Waals surface area contributed by atoms with Crippen molar-refractivity contribution in [2.45, 2.75) is 40.0 Å². The Morgan fingerprint density at radius 1 is 1.17 bits per heavy atom. The molecule has 0 atom stereocenters. The zero-order chi connectivity index (χ0) is 9.35. The quantitative estimate of drug-likeness (QED) is 0.561. The molecule has 0 N–H and O–H groups in total. The molecule has 1 aliphatic carbocycles. The summed E-state index contributed by atoms with van der Waals surface area (Å²) in [5.41, 5.74) is -0.0770. The first-order valence-electron chi connectivity index (χ1n) is 4.47. The van der Waals surface area contributed by atoms with Gasteiger partial charge in [0.1, 0.15) is 11.6 Å². The topological polar surface area (TPSA) is 34.1 Å². The molecule has 0 amide bonds. The van der Waals surface area contributed by atoms with Gasteiger partial charge in [-0.05, 0) is 11.3 Å². The fourth-order valence-electron chi connectivity index (χ4n) is 1.72. The molecule has 0 spiro atoms. The molecule has 1 aliphatic rings. The fraction of sp³-hybridized carbons (Fsp3) is 0.800. The van der Waals surface area contributed by atoms with Crippen LogP contribution >= 0.6 is 0 Å². The van der Waals surface area contributed by atoms with Crippen LogP contribution in [0.2, 0.25) is 0 Å². The predicted molar refractivity (Wildman–Crippen MR) is 46.8 cm³/mol. The summed E-state index contributed by atoms with van der Waals surface area (Å²) in [6, 6.07) is 0.